The minimum Gasteiger partial charge on any atom is -0.356 e. The Kier molecular flexibility index (Phi) is 5.25. The van der Waals surface area contributed by atoms with Crippen LogP contribution in [0.1, 0.15) is 32.1 Å². The molecule has 3 rings (SSSR count). The summed E-state index contributed by atoms with van der Waals surface area (Å²) in [4.78, 5) is 31.3. The van der Waals surface area contributed by atoms with E-state index >= 15 is 0 Å². The number of rotatable bonds is 6. The zero-order valence-electron chi connectivity index (χ0n) is 13.5. The van der Waals surface area contributed by atoms with Gasteiger partial charge in [-0.05, 0) is 37.8 Å². The molecule has 3 N–H and O–H groups in total. The number of hydrogen-bond acceptors (Lipinski definition) is 3. The normalized spacial score (nSPS) is 16.9. The minimum absolute atomic E-state index is 0.0828. The molecule has 1 aromatic carbocycles. The molecular weight excluding hydrogens is 304 g/mol. The standard InChI is InChI=1S/C18H22N4O2/c23-16(22-18-20-14-9-4-5-10-15(14)21-18)11-6-12-19-17(24)13-7-2-1-3-8-13/h1-2,4-5,9-10,13H,3,6-8,11-12H2,(H,19,24)(H2,20,21,22,23)/t13-/m1/s1. The van der Waals surface area contributed by atoms with Gasteiger partial charge >= 0.3 is 0 Å². The van der Waals surface area contributed by atoms with Crippen molar-refractivity contribution in [3.8, 4) is 0 Å². The van der Waals surface area contributed by atoms with Crippen LogP contribution in [0.3, 0.4) is 0 Å². The highest BCUT2D eigenvalue weighted by Gasteiger charge is 2.17. The third-order valence-corrected chi connectivity index (χ3v) is 4.17. The Morgan fingerprint density at radius 2 is 2.12 bits per heavy atom. The van der Waals surface area contributed by atoms with Crippen LogP contribution in [-0.2, 0) is 9.59 Å². The summed E-state index contributed by atoms with van der Waals surface area (Å²) in [6.07, 6.45) is 7.84. The molecule has 0 unspecified atom stereocenters. The van der Waals surface area contributed by atoms with E-state index in [9.17, 15) is 9.59 Å². The summed E-state index contributed by atoms with van der Waals surface area (Å²) >= 11 is 0. The molecule has 0 radical (unpaired) electrons. The van der Waals surface area contributed by atoms with E-state index in [0.717, 1.165) is 30.3 Å². The van der Waals surface area contributed by atoms with Crippen molar-refractivity contribution in [1.29, 1.82) is 0 Å². The smallest absolute Gasteiger partial charge is 0.226 e. The topological polar surface area (TPSA) is 86.9 Å². The largest absolute Gasteiger partial charge is 0.356 e. The third-order valence-electron chi connectivity index (χ3n) is 4.17. The van der Waals surface area contributed by atoms with E-state index in [0.29, 0.717) is 25.3 Å². The lowest BCUT2D eigenvalue weighted by atomic mass is 9.94. The van der Waals surface area contributed by atoms with Crippen molar-refractivity contribution in [2.45, 2.75) is 32.1 Å². The summed E-state index contributed by atoms with van der Waals surface area (Å²) in [6.45, 7) is 0.520. The number of H-pyrrole nitrogens is 1. The molecule has 2 amide bonds. The van der Waals surface area contributed by atoms with Crippen LogP contribution in [0.15, 0.2) is 36.4 Å². The average molecular weight is 326 g/mol. The van der Waals surface area contributed by atoms with Gasteiger partial charge in [0.1, 0.15) is 0 Å². The van der Waals surface area contributed by atoms with E-state index in [1.807, 2.05) is 24.3 Å². The van der Waals surface area contributed by atoms with Gasteiger partial charge in [-0.3, -0.25) is 14.9 Å². The molecule has 0 bridgehead atoms. The highest BCUT2D eigenvalue weighted by atomic mass is 16.2. The fourth-order valence-electron chi connectivity index (χ4n) is 2.84. The van der Waals surface area contributed by atoms with Crippen molar-refractivity contribution in [2.75, 3.05) is 11.9 Å². The fraction of sp³-hybridized carbons (Fsp3) is 0.389. The minimum atomic E-state index is -0.107. The second-order valence-electron chi connectivity index (χ2n) is 6.03. The quantitative estimate of drug-likeness (QED) is 0.563. The van der Waals surface area contributed by atoms with Crippen LogP contribution < -0.4 is 10.6 Å². The molecule has 1 aromatic heterocycles. The molecule has 0 spiro atoms. The van der Waals surface area contributed by atoms with Gasteiger partial charge in [-0.25, -0.2) is 4.98 Å². The number of hydrogen-bond donors (Lipinski definition) is 3. The van der Waals surface area contributed by atoms with Gasteiger partial charge in [-0.15, -0.1) is 0 Å². The van der Waals surface area contributed by atoms with E-state index in [-0.39, 0.29) is 17.7 Å². The molecule has 6 heteroatoms. The fourth-order valence-corrected chi connectivity index (χ4v) is 2.84. The molecule has 0 aliphatic heterocycles. The number of allylic oxidation sites excluding steroid dienone is 2. The zero-order valence-corrected chi connectivity index (χ0v) is 13.5. The van der Waals surface area contributed by atoms with Crippen molar-refractivity contribution in [1.82, 2.24) is 15.3 Å². The summed E-state index contributed by atoms with van der Waals surface area (Å²) in [7, 11) is 0. The van der Waals surface area contributed by atoms with Gasteiger partial charge < -0.3 is 10.3 Å². The summed E-state index contributed by atoms with van der Waals surface area (Å²) in [5.41, 5.74) is 1.71. The number of imidazole rings is 1. The Hall–Kier alpha value is -2.63. The van der Waals surface area contributed by atoms with Crippen LogP contribution in [0.25, 0.3) is 11.0 Å². The predicted molar refractivity (Wildman–Crippen MR) is 93.4 cm³/mol. The van der Waals surface area contributed by atoms with Crippen molar-refractivity contribution in [3.05, 3.63) is 36.4 Å². The Balaban J connectivity index is 1.38. The Bertz CT molecular complexity index is 717. The number of aromatic nitrogens is 2. The van der Waals surface area contributed by atoms with Gasteiger partial charge in [0.25, 0.3) is 0 Å². The van der Waals surface area contributed by atoms with Gasteiger partial charge in [0, 0.05) is 18.9 Å². The van der Waals surface area contributed by atoms with Gasteiger partial charge in [0.05, 0.1) is 11.0 Å². The SMILES string of the molecule is O=C(CCCNC(=O)[C@@H]1CC=CCC1)Nc1nc2ccccc2[nH]1. The lowest BCUT2D eigenvalue weighted by Gasteiger charge is -2.17. The average Bonchev–Trinajstić information content (AvgIpc) is 3.01. The predicted octanol–water partition coefficient (Wildman–Crippen LogP) is 2.75. The van der Waals surface area contributed by atoms with Crippen LogP contribution in [0.2, 0.25) is 0 Å². The molecule has 0 saturated heterocycles. The molecule has 1 aliphatic rings. The zero-order chi connectivity index (χ0) is 16.8. The number of aromatic amines is 1. The van der Waals surface area contributed by atoms with Gasteiger partial charge in [0.2, 0.25) is 17.8 Å². The lowest BCUT2D eigenvalue weighted by molar-refractivity contribution is -0.125. The van der Waals surface area contributed by atoms with E-state index in [4.69, 9.17) is 0 Å². The molecule has 1 atom stereocenters. The molecule has 1 aliphatic carbocycles. The summed E-state index contributed by atoms with van der Waals surface area (Å²) in [6, 6.07) is 7.61. The number of nitrogens with one attached hydrogen (secondary N) is 3. The number of nitrogens with zero attached hydrogens (tertiary/aromatic N) is 1. The lowest BCUT2D eigenvalue weighted by Crippen LogP contribution is -2.32. The summed E-state index contributed by atoms with van der Waals surface area (Å²) < 4.78 is 0. The number of fused-ring (bicyclic) bond motifs is 1. The van der Waals surface area contributed by atoms with Crippen LogP contribution in [0.4, 0.5) is 5.95 Å². The first-order valence-corrected chi connectivity index (χ1v) is 8.39. The molecule has 126 valence electrons. The molecular formula is C18H22N4O2. The number of carbonyl (C=O) groups is 2. The summed E-state index contributed by atoms with van der Waals surface area (Å²) in [5.74, 6) is 0.527. The van der Waals surface area contributed by atoms with Crippen molar-refractivity contribution < 1.29 is 9.59 Å². The number of benzene rings is 1. The maximum Gasteiger partial charge on any atom is 0.226 e. The second-order valence-corrected chi connectivity index (χ2v) is 6.03. The molecule has 6 nitrogen and oxygen atoms in total. The van der Waals surface area contributed by atoms with Crippen LogP contribution in [-0.4, -0.2) is 28.3 Å². The molecule has 1 heterocycles. The number of amides is 2. The van der Waals surface area contributed by atoms with Gasteiger partial charge in [-0.2, -0.15) is 0 Å². The van der Waals surface area contributed by atoms with Crippen molar-refractivity contribution in [2.24, 2.45) is 5.92 Å². The molecule has 0 fully saturated rings. The maximum absolute atomic E-state index is 12.0. The highest BCUT2D eigenvalue weighted by molar-refractivity contribution is 5.91. The Morgan fingerprint density at radius 1 is 1.25 bits per heavy atom. The monoisotopic (exact) mass is 326 g/mol. The second kappa shape index (κ2) is 7.77. The Labute approximate surface area is 140 Å². The Morgan fingerprint density at radius 3 is 2.92 bits per heavy atom. The number of anilines is 1. The van der Waals surface area contributed by atoms with Crippen molar-refractivity contribution >= 4 is 28.8 Å². The van der Waals surface area contributed by atoms with E-state index < -0.39 is 0 Å². The first-order valence-electron chi connectivity index (χ1n) is 8.39. The molecule has 2 aromatic rings. The number of carbonyl (C=O) groups excluding carboxylic acids is 2. The van der Waals surface area contributed by atoms with Crippen molar-refractivity contribution in [3.63, 3.8) is 0 Å². The van der Waals surface area contributed by atoms with Crippen LogP contribution in [0.5, 0.6) is 0 Å². The first-order chi connectivity index (χ1) is 11.7. The molecule has 24 heavy (non-hydrogen) atoms. The van der Waals surface area contributed by atoms with E-state index in [1.165, 1.54) is 0 Å². The van der Waals surface area contributed by atoms with Gasteiger partial charge in [-0.1, -0.05) is 24.3 Å². The van der Waals surface area contributed by atoms with E-state index in [2.05, 4.69) is 32.8 Å². The van der Waals surface area contributed by atoms with Crippen LogP contribution in [0, 0.1) is 5.92 Å². The van der Waals surface area contributed by atoms with E-state index in [1.54, 1.807) is 0 Å². The first kappa shape index (κ1) is 16.2. The van der Waals surface area contributed by atoms with Crippen LogP contribution >= 0.6 is 0 Å². The van der Waals surface area contributed by atoms with Gasteiger partial charge in [0.15, 0.2) is 0 Å². The summed E-state index contributed by atoms with van der Waals surface area (Å²) in [5, 5.41) is 5.67. The molecule has 0 saturated carbocycles. The maximum atomic E-state index is 12.0. The highest BCUT2D eigenvalue weighted by Crippen LogP contribution is 2.18. The number of para-hydroxylation sites is 2. The third kappa shape index (κ3) is 4.22.